The van der Waals surface area contributed by atoms with Crippen molar-refractivity contribution in [2.45, 2.75) is 13.0 Å². The number of rotatable bonds is 12. The quantitative estimate of drug-likeness (QED) is 0.157. The largest absolute Gasteiger partial charge is 0.497 e. The van der Waals surface area contributed by atoms with E-state index in [9.17, 15) is 0 Å². The first-order valence-electron chi connectivity index (χ1n) is 13.2. The van der Waals surface area contributed by atoms with Crippen molar-refractivity contribution >= 4 is 23.0 Å². The van der Waals surface area contributed by atoms with Gasteiger partial charge < -0.3 is 25.4 Å². The van der Waals surface area contributed by atoms with E-state index in [-0.39, 0.29) is 0 Å². The number of ether oxygens (including phenoxy) is 2. The molecule has 0 atom stereocenters. The van der Waals surface area contributed by atoms with Crippen molar-refractivity contribution in [3.05, 3.63) is 121 Å². The first-order chi connectivity index (χ1) is 19.7. The van der Waals surface area contributed by atoms with Gasteiger partial charge in [-0.3, -0.25) is 4.98 Å². The maximum absolute atomic E-state index is 5.57. The Labute approximate surface area is 235 Å². The zero-order chi connectivity index (χ0) is 27.6. The lowest BCUT2D eigenvalue weighted by Gasteiger charge is -2.15. The lowest BCUT2D eigenvalue weighted by Crippen LogP contribution is -2.09. The Bertz CT molecular complexity index is 1530. The average molecular weight is 532 g/mol. The average Bonchev–Trinajstić information content (AvgIpc) is 3.01. The minimum atomic E-state index is 0.542. The van der Waals surface area contributed by atoms with Crippen LogP contribution in [0.4, 0.5) is 23.0 Å². The van der Waals surface area contributed by atoms with E-state index >= 15 is 0 Å². The lowest BCUT2D eigenvalue weighted by molar-refractivity contribution is 0.391. The molecule has 2 aromatic heterocycles. The standard InChI is InChI=1S/C33H33N5O2/c1-39-30-15-14-26(31(22-30)40-2)23-36-32-20-29(35-18-16-27-12-6-7-17-34-27)21-33(38-32)37-28-13-8-11-25(19-28)24-9-4-3-5-10-24/h3-15,17,19-22H,16,18,23H2,1-2H3,(H3,35,36,37,38). The maximum Gasteiger partial charge on any atom is 0.134 e. The van der Waals surface area contributed by atoms with Crippen LogP contribution in [0.5, 0.6) is 11.5 Å². The van der Waals surface area contributed by atoms with Crippen molar-refractivity contribution in [2.24, 2.45) is 0 Å². The van der Waals surface area contributed by atoms with Crippen LogP contribution in [0, 0.1) is 0 Å². The molecule has 0 spiro atoms. The molecule has 2 heterocycles. The summed E-state index contributed by atoms with van der Waals surface area (Å²) in [5.74, 6) is 2.98. The van der Waals surface area contributed by atoms with E-state index < -0.39 is 0 Å². The monoisotopic (exact) mass is 531 g/mol. The maximum atomic E-state index is 5.57. The second-order valence-corrected chi connectivity index (χ2v) is 9.23. The van der Waals surface area contributed by atoms with E-state index in [0.29, 0.717) is 6.54 Å². The number of benzene rings is 3. The third kappa shape index (κ3) is 7.08. The van der Waals surface area contributed by atoms with Crippen LogP contribution in [-0.4, -0.2) is 30.7 Å². The van der Waals surface area contributed by atoms with Crippen molar-refractivity contribution in [2.75, 3.05) is 36.7 Å². The minimum absolute atomic E-state index is 0.542. The topological polar surface area (TPSA) is 80.3 Å². The molecule has 0 radical (unpaired) electrons. The summed E-state index contributed by atoms with van der Waals surface area (Å²) in [4.78, 5) is 9.29. The molecule has 0 unspecified atom stereocenters. The molecule has 0 saturated carbocycles. The Kier molecular flexibility index (Phi) is 8.73. The molecule has 0 bridgehead atoms. The zero-order valence-electron chi connectivity index (χ0n) is 22.7. The summed E-state index contributed by atoms with van der Waals surface area (Å²) < 4.78 is 10.9. The summed E-state index contributed by atoms with van der Waals surface area (Å²) >= 11 is 0. The normalized spacial score (nSPS) is 10.6. The molecule has 202 valence electrons. The molecule has 0 fully saturated rings. The van der Waals surface area contributed by atoms with Gasteiger partial charge in [-0.15, -0.1) is 0 Å². The van der Waals surface area contributed by atoms with E-state index in [1.54, 1.807) is 14.2 Å². The van der Waals surface area contributed by atoms with E-state index in [1.807, 2.05) is 79.0 Å². The van der Waals surface area contributed by atoms with Gasteiger partial charge in [-0.2, -0.15) is 0 Å². The fraction of sp³-hybridized carbons (Fsp3) is 0.152. The van der Waals surface area contributed by atoms with Gasteiger partial charge in [0.2, 0.25) is 0 Å². The van der Waals surface area contributed by atoms with E-state index in [2.05, 4.69) is 51.3 Å². The smallest absolute Gasteiger partial charge is 0.134 e. The summed E-state index contributed by atoms with van der Waals surface area (Å²) in [7, 11) is 3.31. The summed E-state index contributed by atoms with van der Waals surface area (Å²) in [6.45, 7) is 1.29. The van der Waals surface area contributed by atoms with Gasteiger partial charge in [-0.25, -0.2) is 4.98 Å². The Morgan fingerprint density at radius 3 is 2.30 bits per heavy atom. The van der Waals surface area contributed by atoms with Gasteiger partial charge in [0.1, 0.15) is 23.1 Å². The van der Waals surface area contributed by atoms with Crippen LogP contribution in [0.3, 0.4) is 0 Å². The van der Waals surface area contributed by atoms with Crippen molar-refractivity contribution in [3.63, 3.8) is 0 Å². The summed E-state index contributed by atoms with van der Waals surface area (Å²) in [6, 6.07) is 34.5. The molecule has 0 aliphatic heterocycles. The molecule has 40 heavy (non-hydrogen) atoms. The highest BCUT2D eigenvalue weighted by Gasteiger charge is 2.09. The fourth-order valence-corrected chi connectivity index (χ4v) is 4.41. The Hall–Kier alpha value is -5.04. The fourth-order valence-electron chi connectivity index (χ4n) is 4.41. The third-order valence-corrected chi connectivity index (χ3v) is 6.46. The first kappa shape index (κ1) is 26.6. The Morgan fingerprint density at radius 2 is 1.50 bits per heavy atom. The van der Waals surface area contributed by atoms with Crippen molar-refractivity contribution in [1.29, 1.82) is 0 Å². The summed E-state index contributed by atoms with van der Waals surface area (Å²) in [5, 5.41) is 10.5. The molecule has 0 aliphatic carbocycles. The van der Waals surface area contributed by atoms with Crippen molar-refractivity contribution in [3.8, 4) is 22.6 Å². The second kappa shape index (κ2) is 13.2. The molecule has 3 N–H and O–H groups in total. The Morgan fingerprint density at radius 1 is 0.675 bits per heavy atom. The molecule has 3 aromatic carbocycles. The van der Waals surface area contributed by atoms with Gasteiger partial charge in [0.05, 0.1) is 14.2 Å². The molecule has 0 amide bonds. The number of hydrogen-bond donors (Lipinski definition) is 3. The number of hydrogen-bond acceptors (Lipinski definition) is 7. The van der Waals surface area contributed by atoms with E-state index in [1.165, 1.54) is 5.56 Å². The van der Waals surface area contributed by atoms with Crippen LogP contribution < -0.4 is 25.4 Å². The first-order valence-corrected chi connectivity index (χ1v) is 13.2. The number of nitrogens with zero attached hydrogens (tertiary/aromatic N) is 2. The molecule has 7 heteroatoms. The Balaban J connectivity index is 1.36. The van der Waals surface area contributed by atoms with Crippen LogP contribution >= 0.6 is 0 Å². The van der Waals surface area contributed by atoms with Gasteiger partial charge in [-0.05, 0) is 47.5 Å². The molecule has 5 rings (SSSR count). The van der Waals surface area contributed by atoms with Gasteiger partial charge in [-0.1, -0.05) is 48.5 Å². The molecule has 0 aliphatic rings. The van der Waals surface area contributed by atoms with Gasteiger partial charge >= 0.3 is 0 Å². The highest BCUT2D eigenvalue weighted by molar-refractivity contribution is 5.71. The third-order valence-electron chi connectivity index (χ3n) is 6.46. The molecule has 0 saturated heterocycles. The number of methoxy groups -OCH3 is 2. The number of aromatic nitrogens is 2. The van der Waals surface area contributed by atoms with Crippen LogP contribution in [0.1, 0.15) is 11.3 Å². The second-order valence-electron chi connectivity index (χ2n) is 9.23. The minimum Gasteiger partial charge on any atom is -0.497 e. The predicted molar refractivity (Wildman–Crippen MR) is 163 cm³/mol. The number of pyridine rings is 2. The lowest BCUT2D eigenvalue weighted by atomic mass is 10.1. The van der Waals surface area contributed by atoms with E-state index in [4.69, 9.17) is 14.5 Å². The summed E-state index contributed by atoms with van der Waals surface area (Å²) in [6.07, 6.45) is 2.64. The van der Waals surface area contributed by atoms with Crippen molar-refractivity contribution in [1.82, 2.24) is 9.97 Å². The van der Waals surface area contributed by atoms with Crippen molar-refractivity contribution < 1.29 is 9.47 Å². The van der Waals surface area contributed by atoms with Crippen LogP contribution in [0.15, 0.2) is 109 Å². The van der Waals surface area contributed by atoms with Crippen LogP contribution in [0.2, 0.25) is 0 Å². The van der Waals surface area contributed by atoms with Crippen LogP contribution in [-0.2, 0) is 13.0 Å². The predicted octanol–water partition coefficient (Wildman–Crippen LogP) is 7.17. The summed E-state index contributed by atoms with van der Waals surface area (Å²) in [5.41, 5.74) is 6.27. The van der Waals surface area contributed by atoms with Gasteiger partial charge in [0.15, 0.2) is 0 Å². The highest BCUT2D eigenvalue weighted by atomic mass is 16.5. The molecular formula is C33H33N5O2. The zero-order valence-corrected chi connectivity index (χ0v) is 22.7. The van der Waals surface area contributed by atoms with Gasteiger partial charge in [0, 0.05) is 66.5 Å². The molecule has 7 nitrogen and oxygen atoms in total. The number of nitrogens with one attached hydrogen (secondary N) is 3. The number of anilines is 4. The van der Waals surface area contributed by atoms with Gasteiger partial charge in [0.25, 0.3) is 0 Å². The molecule has 5 aromatic rings. The van der Waals surface area contributed by atoms with E-state index in [0.717, 1.165) is 64.3 Å². The molecular weight excluding hydrogens is 498 g/mol. The highest BCUT2D eigenvalue weighted by Crippen LogP contribution is 2.28. The van der Waals surface area contributed by atoms with Crippen LogP contribution in [0.25, 0.3) is 11.1 Å². The SMILES string of the molecule is COc1ccc(CNc2cc(NCCc3ccccn3)cc(Nc3cccc(-c4ccccc4)c3)n2)c(OC)c1.